The molecule has 4 rings (SSSR count). The molecule has 0 unspecified atom stereocenters. The van der Waals surface area contributed by atoms with Crippen LogP contribution in [0.1, 0.15) is 24.6 Å². The normalized spacial score (nSPS) is 14.9. The summed E-state index contributed by atoms with van der Waals surface area (Å²) in [5, 5.41) is 11.7. The first-order chi connectivity index (χ1) is 9.42. The number of para-hydroxylation sites is 1. The second-order valence-electron chi connectivity index (χ2n) is 5.02. The lowest BCUT2D eigenvalue weighted by atomic mass is 10.2. The Hall–Kier alpha value is -2.30. The van der Waals surface area contributed by atoms with Crippen LogP contribution < -0.4 is 5.32 Å². The van der Waals surface area contributed by atoms with E-state index in [4.69, 9.17) is 0 Å². The molecule has 3 aromatic rings. The molecule has 1 aliphatic rings. The Kier molecular flexibility index (Phi) is 2.30. The smallest absolute Gasteiger partial charge is 0.0951 e. The van der Waals surface area contributed by atoms with Crippen LogP contribution in [0.4, 0.5) is 5.69 Å². The maximum absolute atomic E-state index is 4.25. The molecule has 1 saturated carbocycles. The van der Waals surface area contributed by atoms with Gasteiger partial charge in [-0.05, 0) is 18.9 Å². The number of aromatic amines is 1. The van der Waals surface area contributed by atoms with Gasteiger partial charge in [-0.2, -0.15) is 5.10 Å². The van der Waals surface area contributed by atoms with E-state index in [-0.39, 0.29) is 0 Å². The summed E-state index contributed by atoms with van der Waals surface area (Å²) in [5.41, 5.74) is 3.37. The number of rotatable bonds is 4. The van der Waals surface area contributed by atoms with E-state index in [2.05, 4.69) is 37.2 Å². The summed E-state index contributed by atoms with van der Waals surface area (Å²) in [7, 11) is 0. The van der Waals surface area contributed by atoms with Crippen molar-refractivity contribution >= 4 is 16.6 Å². The minimum Gasteiger partial charge on any atom is -0.378 e. The molecule has 1 aromatic carbocycles. The first kappa shape index (κ1) is 10.6. The molecular weight excluding hydrogens is 238 g/mol. The summed E-state index contributed by atoms with van der Waals surface area (Å²) in [6.45, 7) is 0.786. The van der Waals surface area contributed by atoms with Gasteiger partial charge in [-0.3, -0.25) is 5.10 Å². The van der Waals surface area contributed by atoms with Crippen molar-refractivity contribution in [1.82, 2.24) is 19.7 Å². The molecule has 19 heavy (non-hydrogen) atoms. The monoisotopic (exact) mass is 253 g/mol. The Morgan fingerprint density at radius 3 is 3.16 bits per heavy atom. The minimum absolute atomic E-state index is 0.669. The standard InChI is InChI=1S/C14H15N5/c1-2-10-6-17-18-14(10)13(3-1)16-8-12-7-15-9-19(12)11-4-5-11/h1-3,6-7,9,11,16H,4-5,8H2,(H,17,18). The largest absolute Gasteiger partial charge is 0.378 e. The summed E-state index contributed by atoms with van der Waals surface area (Å²) in [6, 6.07) is 6.83. The average Bonchev–Trinajstić information content (AvgIpc) is 2.99. The van der Waals surface area contributed by atoms with Crippen molar-refractivity contribution in [2.45, 2.75) is 25.4 Å². The Morgan fingerprint density at radius 1 is 1.32 bits per heavy atom. The molecule has 5 heteroatoms. The third-order valence-corrected chi connectivity index (χ3v) is 3.62. The van der Waals surface area contributed by atoms with Gasteiger partial charge in [0.2, 0.25) is 0 Å². The second-order valence-corrected chi connectivity index (χ2v) is 5.02. The highest BCUT2D eigenvalue weighted by molar-refractivity contribution is 5.89. The highest BCUT2D eigenvalue weighted by atomic mass is 15.1. The lowest BCUT2D eigenvalue weighted by Crippen LogP contribution is -2.06. The number of fused-ring (bicyclic) bond motifs is 1. The van der Waals surface area contributed by atoms with Gasteiger partial charge in [0.15, 0.2) is 0 Å². The molecule has 0 radical (unpaired) electrons. The molecule has 0 aliphatic heterocycles. The van der Waals surface area contributed by atoms with Crippen LogP contribution in [0.2, 0.25) is 0 Å². The van der Waals surface area contributed by atoms with Crippen LogP contribution in [0.3, 0.4) is 0 Å². The molecule has 5 nitrogen and oxygen atoms in total. The first-order valence-electron chi connectivity index (χ1n) is 6.58. The van der Waals surface area contributed by atoms with Crippen LogP contribution in [0, 0.1) is 0 Å². The summed E-state index contributed by atoms with van der Waals surface area (Å²) in [5.74, 6) is 0. The van der Waals surface area contributed by atoms with Crippen molar-refractivity contribution < 1.29 is 0 Å². The number of nitrogens with zero attached hydrogens (tertiary/aromatic N) is 3. The zero-order chi connectivity index (χ0) is 12.7. The molecular formula is C14H15N5. The zero-order valence-electron chi connectivity index (χ0n) is 10.5. The Morgan fingerprint density at radius 2 is 2.26 bits per heavy atom. The number of hydrogen-bond donors (Lipinski definition) is 2. The lowest BCUT2D eigenvalue weighted by Gasteiger charge is -2.09. The van der Waals surface area contributed by atoms with E-state index in [1.165, 1.54) is 18.5 Å². The van der Waals surface area contributed by atoms with Crippen molar-refractivity contribution in [3.05, 3.63) is 42.6 Å². The van der Waals surface area contributed by atoms with E-state index in [1.807, 2.05) is 24.8 Å². The Bertz CT molecular complexity index is 707. The van der Waals surface area contributed by atoms with Gasteiger partial charge in [0.1, 0.15) is 0 Å². The molecule has 1 fully saturated rings. The predicted octanol–water partition coefficient (Wildman–Crippen LogP) is 2.71. The molecule has 1 aliphatic carbocycles. The number of anilines is 1. The van der Waals surface area contributed by atoms with Gasteiger partial charge in [-0.1, -0.05) is 12.1 Å². The van der Waals surface area contributed by atoms with Crippen LogP contribution in [0.25, 0.3) is 10.9 Å². The van der Waals surface area contributed by atoms with Gasteiger partial charge >= 0.3 is 0 Å². The van der Waals surface area contributed by atoms with Crippen LogP contribution in [0.5, 0.6) is 0 Å². The summed E-state index contributed by atoms with van der Waals surface area (Å²) in [4.78, 5) is 4.25. The van der Waals surface area contributed by atoms with E-state index in [0.29, 0.717) is 6.04 Å². The van der Waals surface area contributed by atoms with Gasteiger partial charge in [0.25, 0.3) is 0 Å². The average molecular weight is 253 g/mol. The van der Waals surface area contributed by atoms with Crippen molar-refractivity contribution in [3.8, 4) is 0 Å². The maximum Gasteiger partial charge on any atom is 0.0951 e. The number of aromatic nitrogens is 4. The van der Waals surface area contributed by atoms with Crippen LogP contribution in [-0.2, 0) is 6.54 Å². The number of nitrogens with one attached hydrogen (secondary N) is 2. The summed E-state index contributed by atoms with van der Waals surface area (Å²) >= 11 is 0. The van der Waals surface area contributed by atoms with Gasteiger partial charge in [-0.25, -0.2) is 4.98 Å². The Labute approximate surface area is 110 Å². The maximum atomic E-state index is 4.25. The fraction of sp³-hybridized carbons (Fsp3) is 0.286. The molecule has 2 heterocycles. The van der Waals surface area contributed by atoms with E-state index < -0.39 is 0 Å². The third-order valence-electron chi connectivity index (χ3n) is 3.62. The van der Waals surface area contributed by atoms with Crippen molar-refractivity contribution in [2.75, 3.05) is 5.32 Å². The third kappa shape index (κ3) is 1.87. The summed E-state index contributed by atoms with van der Waals surface area (Å²) < 4.78 is 2.28. The van der Waals surface area contributed by atoms with Crippen molar-refractivity contribution in [2.24, 2.45) is 0 Å². The number of hydrogen-bond acceptors (Lipinski definition) is 3. The van der Waals surface area contributed by atoms with Crippen LogP contribution in [-0.4, -0.2) is 19.7 Å². The quantitative estimate of drug-likeness (QED) is 0.751. The highest BCUT2D eigenvalue weighted by Gasteiger charge is 2.24. The fourth-order valence-corrected chi connectivity index (χ4v) is 2.45. The number of benzene rings is 1. The number of H-pyrrole nitrogens is 1. The fourth-order valence-electron chi connectivity index (χ4n) is 2.45. The topological polar surface area (TPSA) is 58.5 Å². The second kappa shape index (κ2) is 4.12. The van der Waals surface area contributed by atoms with Gasteiger partial charge in [0, 0.05) is 17.6 Å². The van der Waals surface area contributed by atoms with E-state index in [1.54, 1.807) is 0 Å². The molecule has 0 spiro atoms. The molecule has 96 valence electrons. The SMILES string of the molecule is c1cc(NCc2cncn2C2CC2)c2[nH]ncc2c1. The molecule has 0 saturated heterocycles. The first-order valence-corrected chi connectivity index (χ1v) is 6.58. The van der Waals surface area contributed by atoms with Crippen LogP contribution in [0.15, 0.2) is 36.9 Å². The van der Waals surface area contributed by atoms with Gasteiger partial charge in [0.05, 0.1) is 36.0 Å². The highest BCUT2D eigenvalue weighted by Crippen LogP contribution is 2.35. The van der Waals surface area contributed by atoms with Crippen molar-refractivity contribution in [1.29, 1.82) is 0 Å². The van der Waals surface area contributed by atoms with Gasteiger partial charge < -0.3 is 9.88 Å². The molecule has 0 amide bonds. The zero-order valence-corrected chi connectivity index (χ0v) is 10.5. The molecule has 2 aromatic heterocycles. The van der Waals surface area contributed by atoms with Crippen LogP contribution >= 0.6 is 0 Å². The Balaban J connectivity index is 1.58. The van der Waals surface area contributed by atoms with Gasteiger partial charge in [-0.15, -0.1) is 0 Å². The molecule has 0 bridgehead atoms. The molecule has 2 N–H and O–H groups in total. The number of imidazole rings is 1. The van der Waals surface area contributed by atoms with E-state index in [9.17, 15) is 0 Å². The lowest BCUT2D eigenvalue weighted by molar-refractivity contribution is 0.701. The minimum atomic E-state index is 0.669. The summed E-state index contributed by atoms with van der Waals surface area (Å²) in [6.07, 6.45) is 8.28. The van der Waals surface area contributed by atoms with E-state index >= 15 is 0 Å². The molecule has 0 atom stereocenters. The van der Waals surface area contributed by atoms with E-state index in [0.717, 1.165) is 23.1 Å². The van der Waals surface area contributed by atoms with Crippen molar-refractivity contribution in [3.63, 3.8) is 0 Å². The predicted molar refractivity (Wildman–Crippen MR) is 73.9 cm³/mol.